The number of benzene rings is 1. The Bertz CT molecular complexity index is 563. The Morgan fingerprint density at radius 2 is 2.14 bits per heavy atom. The molecule has 2 rings (SSSR count). The van der Waals surface area contributed by atoms with Crippen molar-refractivity contribution < 1.29 is 42.2 Å². The van der Waals surface area contributed by atoms with Crippen LogP contribution in [-0.4, -0.2) is 29.3 Å². The molecule has 5 heteroatoms. The third-order valence-corrected chi connectivity index (χ3v) is 3.36. The quantitative estimate of drug-likeness (QED) is 0.459. The zero-order chi connectivity index (χ0) is 14.5. The van der Waals surface area contributed by atoms with Gasteiger partial charge in [0.2, 0.25) is 5.91 Å². The second-order valence-electron chi connectivity index (χ2n) is 4.30. The van der Waals surface area contributed by atoms with E-state index in [2.05, 4.69) is 12.0 Å². The molecule has 1 atom stereocenters. The van der Waals surface area contributed by atoms with E-state index >= 15 is 0 Å². The van der Waals surface area contributed by atoms with Crippen molar-refractivity contribution in [1.82, 2.24) is 4.90 Å². The Balaban J connectivity index is 0.00000220. The SMILES string of the molecule is C#CCOc1ccc(C2=[C-]CC(Cl)C(=O)N2CC)cc1.[Y]. The number of carbonyl (C=O) groups excluding carboxylic acids is 1. The Hall–Kier alpha value is -0.816. The monoisotopic (exact) mass is 377 g/mol. The maximum Gasteiger partial charge on any atom is 0.241 e. The van der Waals surface area contributed by atoms with Crippen LogP contribution in [0.5, 0.6) is 5.75 Å². The van der Waals surface area contributed by atoms with Gasteiger partial charge in [0, 0.05) is 39.3 Å². The van der Waals surface area contributed by atoms with Crippen molar-refractivity contribution in [1.29, 1.82) is 0 Å². The average molecular weight is 378 g/mol. The summed E-state index contributed by atoms with van der Waals surface area (Å²) in [6.07, 6.45) is 8.77. The van der Waals surface area contributed by atoms with E-state index in [1.54, 1.807) is 4.90 Å². The zero-order valence-electron chi connectivity index (χ0n) is 11.8. The number of halogens is 1. The topological polar surface area (TPSA) is 29.5 Å². The van der Waals surface area contributed by atoms with E-state index in [-0.39, 0.29) is 45.2 Å². The van der Waals surface area contributed by atoms with Crippen LogP contribution >= 0.6 is 11.6 Å². The molecule has 1 radical (unpaired) electrons. The fourth-order valence-corrected chi connectivity index (χ4v) is 2.25. The van der Waals surface area contributed by atoms with Crippen LogP contribution in [0.4, 0.5) is 0 Å². The fraction of sp³-hybridized carbons (Fsp3) is 0.312. The summed E-state index contributed by atoms with van der Waals surface area (Å²) in [4.78, 5) is 13.7. The second kappa shape index (κ2) is 8.58. The molecule has 0 N–H and O–H groups in total. The minimum atomic E-state index is -0.517. The number of allylic oxidation sites excluding steroid dienone is 1. The molecule has 0 saturated heterocycles. The van der Waals surface area contributed by atoms with E-state index in [4.69, 9.17) is 22.8 Å². The van der Waals surface area contributed by atoms with E-state index in [1.165, 1.54) is 0 Å². The predicted molar refractivity (Wildman–Crippen MR) is 79.1 cm³/mol. The number of hydrogen-bond acceptors (Lipinski definition) is 2. The standard InChI is InChI=1S/C16H15ClNO2.Y/c1-3-11-20-13-7-5-12(6-8-13)15-10-9-14(17)16(19)18(15)4-2;/h1,5-8,14H,4,9,11H2,2H3;/q-1;. The molecule has 1 aliphatic rings. The Morgan fingerprint density at radius 1 is 1.48 bits per heavy atom. The molecule has 0 bridgehead atoms. The van der Waals surface area contributed by atoms with Gasteiger partial charge in [-0.2, -0.15) is 5.56 Å². The molecular formula is C16H15ClNO2Y-. The summed E-state index contributed by atoms with van der Waals surface area (Å²) in [6.45, 7) is 2.72. The van der Waals surface area contributed by atoms with Gasteiger partial charge in [0.1, 0.15) is 17.7 Å². The molecule has 1 aliphatic heterocycles. The van der Waals surface area contributed by atoms with Crippen LogP contribution in [0, 0.1) is 18.4 Å². The summed E-state index contributed by atoms with van der Waals surface area (Å²) in [6, 6.07) is 7.43. The van der Waals surface area contributed by atoms with Gasteiger partial charge in [-0.05, 0) is 19.1 Å². The van der Waals surface area contributed by atoms with Gasteiger partial charge in [0.05, 0.1) is 0 Å². The fourth-order valence-electron chi connectivity index (χ4n) is 2.05. The molecule has 0 saturated carbocycles. The van der Waals surface area contributed by atoms with Gasteiger partial charge in [-0.3, -0.25) is 4.79 Å². The molecular weight excluding hydrogens is 363 g/mol. The summed E-state index contributed by atoms with van der Waals surface area (Å²) in [5.41, 5.74) is 1.69. The van der Waals surface area contributed by atoms with Crippen LogP contribution in [-0.2, 0) is 37.5 Å². The van der Waals surface area contributed by atoms with Crippen LogP contribution in [0.15, 0.2) is 24.3 Å². The minimum Gasteiger partial charge on any atom is -0.481 e. The number of carbonyl (C=O) groups is 1. The van der Waals surface area contributed by atoms with Crippen LogP contribution in [0.2, 0.25) is 0 Å². The Kier molecular flexibility index (Phi) is 7.45. The maximum absolute atomic E-state index is 12.0. The molecule has 1 amide bonds. The smallest absolute Gasteiger partial charge is 0.241 e. The summed E-state index contributed by atoms with van der Waals surface area (Å²) >= 11 is 5.97. The van der Waals surface area contributed by atoms with Crippen molar-refractivity contribution in [2.45, 2.75) is 18.7 Å². The number of hydrogen-bond donors (Lipinski definition) is 0. The van der Waals surface area contributed by atoms with E-state index in [0.29, 0.717) is 18.7 Å². The molecule has 0 fully saturated rings. The normalized spacial score (nSPS) is 17.6. The summed E-state index contributed by atoms with van der Waals surface area (Å²) in [7, 11) is 0. The molecule has 0 spiro atoms. The molecule has 107 valence electrons. The average Bonchev–Trinajstić information content (AvgIpc) is 2.48. The first-order valence-corrected chi connectivity index (χ1v) is 6.84. The first-order valence-electron chi connectivity index (χ1n) is 6.40. The van der Waals surface area contributed by atoms with Crippen molar-refractivity contribution in [3.8, 4) is 18.1 Å². The van der Waals surface area contributed by atoms with Crippen LogP contribution < -0.4 is 4.74 Å². The van der Waals surface area contributed by atoms with E-state index < -0.39 is 5.38 Å². The Labute approximate surface area is 155 Å². The Morgan fingerprint density at radius 3 is 2.71 bits per heavy atom. The molecule has 1 unspecified atom stereocenters. The largest absolute Gasteiger partial charge is 0.481 e. The minimum absolute atomic E-state index is 0. The number of rotatable bonds is 4. The maximum atomic E-state index is 12.0. The van der Waals surface area contributed by atoms with Gasteiger partial charge in [-0.25, -0.2) is 6.08 Å². The zero-order valence-corrected chi connectivity index (χ0v) is 15.4. The number of terminal acetylenes is 1. The van der Waals surface area contributed by atoms with Gasteiger partial charge in [0.15, 0.2) is 0 Å². The van der Waals surface area contributed by atoms with Crippen molar-refractivity contribution >= 4 is 23.2 Å². The van der Waals surface area contributed by atoms with Gasteiger partial charge >= 0.3 is 0 Å². The van der Waals surface area contributed by atoms with Crippen LogP contribution in [0.25, 0.3) is 5.70 Å². The predicted octanol–water partition coefficient (Wildman–Crippen LogP) is 2.70. The van der Waals surface area contributed by atoms with Gasteiger partial charge in [-0.1, -0.05) is 12.3 Å². The number of alkyl halides is 1. The van der Waals surface area contributed by atoms with E-state index in [0.717, 1.165) is 11.3 Å². The van der Waals surface area contributed by atoms with Crippen molar-refractivity contribution in [2.24, 2.45) is 0 Å². The van der Waals surface area contributed by atoms with Crippen molar-refractivity contribution in [2.75, 3.05) is 13.2 Å². The number of ether oxygens (including phenoxy) is 1. The molecule has 0 aromatic heterocycles. The first kappa shape index (κ1) is 18.2. The molecule has 1 heterocycles. The van der Waals surface area contributed by atoms with Crippen LogP contribution in [0.3, 0.4) is 0 Å². The number of amides is 1. The van der Waals surface area contributed by atoms with Gasteiger partial charge in [0.25, 0.3) is 0 Å². The number of nitrogens with zero attached hydrogens (tertiary/aromatic N) is 1. The summed E-state index contributed by atoms with van der Waals surface area (Å²) < 4.78 is 5.32. The second-order valence-corrected chi connectivity index (χ2v) is 4.82. The summed E-state index contributed by atoms with van der Waals surface area (Å²) in [5, 5.41) is -0.517. The van der Waals surface area contributed by atoms with E-state index in [1.807, 2.05) is 31.2 Å². The molecule has 0 aliphatic carbocycles. The molecule has 3 nitrogen and oxygen atoms in total. The van der Waals surface area contributed by atoms with E-state index in [9.17, 15) is 4.79 Å². The van der Waals surface area contributed by atoms with Crippen molar-refractivity contribution in [3.63, 3.8) is 0 Å². The van der Waals surface area contributed by atoms with Gasteiger partial charge in [-0.15, -0.1) is 35.9 Å². The van der Waals surface area contributed by atoms with Crippen molar-refractivity contribution in [3.05, 3.63) is 35.9 Å². The molecule has 21 heavy (non-hydrogen) atoms. The summed E-state index contributed by atoms with van der Waals surface area (Å²) in [5.74, 6) is 3.04. The third kappa shape index (κ3) is 4.33. The first-order chi connectivity index (χ1) is 9.67. The van der Waals surface area contributed by atoms with Crippen LogP contribution in [0.1, 0.15) is 18.9 Å². The molecule has 1 aromatic rings. The van der Waals surface area contributed by atoms with Gasteiger partial charge < -0.3 is 9.64 Å². The molecule has 1 aromatic carbocycles. The third-order valence-electron chi connectivity index (χ3n) is 3.02.